The Morgan fingerprint density at radius 3 is 2.61 bits per heavy atom. The number of rotatable bonds is 7. The molecule has 28 heavy (non-hydrogen) atoms. The number of furan rings is 1. The number of hydrogen-bond donors (Lipinski definition) is 1. The minimum absolute atomic E-state index is 0.0742. The molecule has 0 aliphatic carbocycles. The third kappa shape index (κ3) is 4.47. The molecule has 0 amide bonds. The van der Waals surface area contributed by atoms with Crippen molar-refractivity contribution in [3.63, 3.8) is 0 Å². The number of aryl methyl sites for hydroxylation is 1. The van der Waals surface area contributed by atoms with Crippen LogP contribution in [0, 0.1) is 17.0 Å². The number of Topliss-reactive ketones (excluding diaryl/α,β-unsaturated/α-hetero) is 1. The highest BCUT2D eigenvalue weighted by Crippen LogP contribution is 2.16. The van der Waals surface area contributed by atoms with E-state index in [0.717, 1.165) is 5.56 Å². The first-order valence-electron chi connectivity index (χ1n) is 8.52. The van der Waals surface area contributed by atoms with Gasteiger partial charge in [-0.3, -0.25) is 14.9 Å². The van der Waals surface area contributed by atoms with Crippen LogP contribution in [0.25, 0.3) is 0 Å². The fourth-order valence-electron chi connectivity index (χ4n) is 2.76. The van der Waals surface area contributed by atoms with Gasteiger partial charge in [-0.1, -0.05) is 12.2 Å². The zero-order valence-corrected chi connectivity index (χ0v) is 15.9. The highest BCUT2D eigenvalue weighted by Gasteiger charge is 2.33. The van der Waals surface area contributed by atoms with Crippen LogP contribution in [0.5, 0.6) is 0 Å². The van der Waals surface area contributed by atoms with E-state index in [1.807, 2.05) is 31.3 Å². The van der Waals surface area contributed by atoms with Gasteiger partial charge in [-0.2, -0.15) is 4.57 Å². The largest absolute Gasteiger partial charge is 0.467 e. The highest BCUT2D eigenvalue weighted by molar-refractivity contribution is 7.80. The molecule has 0 bridgehead atoms. The van der Waals surface area contributed by atoms with Gasteiger partial charge in [0.05, 0.1) is 17.7 Å². The normalized spacial score (nSPS) is 11.6. The molecule has 2 aromatic heterocycles. The minimum Gasteiger partial charge on any atom is -0.467 e. The van der Waals surface area contributed by atoms with Crippen molar-refractivity contribution in [3.8, 4) is 0 Å². The number of non-ortho nitro benzene ring substituents is 1. The van der Waals surface area contributed by atoms with Crippen LogP contribution in [0.15, 0.2) is 71.6 Å². The Hall–Kier alpha value is -3.39. The van der Waals surface area contributed by atoms with Crippen molar-refractivity contribution in [1.29, 1.82) is 0 Å². The third-order valence-corrected chi connectivity index (χ3v) is 4.51. The van der Waals surface area contributed by atoms with Crippen LogP contribution in [0.4, 0.5) is 5.69 Å². The number of ketones is 1. The molecule has 0 aliphatic rings. The summed E-state index contributed by atoms with van der Waals surface area (Å²) in [7, 11) is 0. The maximum Gasteiger partial charge on any atom is 0.270 e. The Morgan fingerprint density at radius 2 is 2.00 bits per heavy atom. The van der Waals surface area contributed by atoms with E-state index in [2.05, 4.69) is 5.32 Å². The van der Waals surface area contributed by atoms with Crippen LogP contribution in [0.3, 0.4) is 0 Å². The number of carbonyl (C=O) groups is 1. The summed E-state index contributed by atoms with van der Waals surface area (Å²) < 4.78 is 7.02. The van der Waals surface area contributed by atoms with Crippen LogP contribution >= 0.6 is 12.2 Å². The second kappa shape index (κ2) is 8.53. The summed E-state index contributed by atoms with van der Waals surface area (Å²) >= 11 is 5.51. The monoisotopic (exact) mass is 396 g/mol. The van der Waals surface area contributed by atoms with Gasteiger partial charge in [0.15, 0.2) is 17.4 Å². The van der Waals surface area contributed by atoms with Crippen molar-refractivity contribution in [3.05, 3.63) is 94.2 Å². The van der Waals surface area contributed by atoms with Crippen molar-refractivity contribution in [1.82, 2.24) is 5.32 Å². The maximum atomic E-state index is 13.2. The second-order valence-corrected chi connectivity index (χ2v) is 6.64. The number of aromatic nitrogens is 1. The molecule has 0 unspecified atom stereocenters. The number of nitrogens with zero attached hydrogens (tertiary/aromatic N) is 2. The molecule has 0 spiro atoms. The predicted octanol–water partition coefficient (Wildman–Crippen LogP) is 3.32. The summed E-state index contributed by atoms with van der Waals surface area (Å²) in [5.74, 6) is 0.431. The summed E-state index contributed by atoms with van der Waals surface area (Å²) in [5.41, 5.74) is 1.24. The van der Waals surface area contributed by atoms with E-state index in [1.54, 1.807) is 23.1 Å². The molecular formula is C20H18N3O4S+. The van der Waals surface area contributed by atoms with Crippen LogP contribution in [0.2, 0.25) is 0 Å². The van der Waals surface area contributed by atoms with Crippen molar-refractivity contribution < 1.29 is 18.7 Å². The van der Waals surface area contributed by atoms with Crippen molar-refractivity contribution in [2.24, 2.45) is 0 Å². The van der Waals surface area contributed by atoms with Gasteiger partial charge in [0, 0.05) is 29.3 Å². The Morgan fingerprint density at radius 1 is 1.25 bits per heavy atom. The molecule has 0 saturated heterocycles. The fraction of sp³-hybridized carbons (Fsp3) is 0.150. The molecule has 1 atom stereocenters. The summed E-state index contributed by atoms with van der Waals surface area (Å²) in [4.78, 5) is 23.9. The molecular weight excluding hydrogens is 378 g/mol. The summed E-state index contributed by atoms with van der Waals surface area (Å²) in [5, 5.41) is 13.9. The van der Waals surface area contributed by atoms with Crippen LogP contribution in [0.1, 0.15) is 27.7 Å². The average molecular weight is 396 g/mol. The molecule has 0 aliphatic heterocycles. The van der Waals surface area contributed by atoms with E-state index in [1.165, 1.54) is 24.3 Å². The molecule has 3 rings (SSSR count). The molecule has 0 fully saturated rings. The Balaban J connectivity index is 1.89. The Kier molecular flexibility index (Phi) is 5.90. The van der Waals surface area contributed by atoms with Crippen LogP contribution in [-0.2, 0) is 6.54 Å². The maximum absolute atomic E-state index is 13.2. The van der Waals surface area contributed by atoms with Crippen molar-refractivity contribution >= 4 is 28.7 Å². The number of thiocarbonyl (C=S) groups is 1. The van der Waals surface area contributed by atoms with E-state index in [-0.39, 0.29) is 11.5 Å². The van der Waals surface area contributed by atoms with Gasteiger partial charge in [-0.15, -0.1) is 0 Å². The topological polar surface area (TPSA) is 89.3 Å². The molecule has 2 heterocycles. The standard InChI is InChI=1S/C20H17N3O4S/c1-14-4-2-10-22(13-14)18(20(28)21-12-17-5-3-11-27-17)19(24)15-6-8-16(9-7-15)23(25)26/h2-11,13,18H,12H2,1H3/p+1/t18-/m1/s1. The lowest BCUT2D eigenvalue weighted by molar-refractivity contribution is -0.692. The Labute approximate surface area is 166 Å². The molecule has 0 radical (unpaired) electrons. The second-order valence-electron chi connectivity index (χ2n) is 6.20. The van der Waals surface area contributed by atoms with Gasteiger partial charge in [0.2, 0.25) is 5.78 Å². The number of carbonyl (C=O) groups excluding carboxylic acids is 1. The average Bonchev–Trinajstić information content (AvgIpc) is 3.20. The number of nitrogens with one attached hydrogen (secondary N) is 1. The van der Waals surface area contributed by atoms with E-state index in [9.17, 15) is 14.9 Å². The number of nitro benzene ring substituents is 1. The van der Waals surface area contributed by atoms with E-state index >= 15 is 0 Å². The first-order chi connectivity index (χ1) is 13.5. The van der Waals surface area contributed by atoms with Crippen LogP contribution < -0.4 is 9.88 Å². The molecule has 1 N–H and O–H groups in total. The van der Waals surface area contributed by atoms with Gasteiger partial charge in [0.1, 0.15) is 5.76 Å². The van der Waals surface area contributed by atoms with Crippen molar-refractivity contribution in [2.75, 3.05) is 0 Å². The molecule has 1 aromatic carbocycles. The molecule has 7 nitrogen and oxygen atoms in total. The molecule has 3 aromatic rings. The van der Waals surface area contributed by atoms with Gasteiger partial charge in [0.25, 0.3) is 11.7 Å². The molecule has 142 valence electrons. The quantitative estimate of drug-likeness (QED) is 0.217. The van der Waals surface area contributed by atoms with Gasteiger partial charge in [-0.25, -0.2) is 0 Å². The highest BCUT2D eigenvalue weighted by atomic mass is 32.1. The van der Waals surface area contributed by atoms with E-state index < -0.39 is 11.0 Å². The van der Waals surface area contributed by atoms with E-state index in [4.69, 9.17) is 16.6 Å². The lowest BCUT2D eigenvalue weighted by Gasteiger charge is -2.14. The zero-order valence-electron chi connectivity index (χ0n) is 15.1. The lowest BCUT2D eigenvalue weighted by Crippen LogP contribution is -2.51. The minimum atomic E-state index is -0.786. The fourth-order valence-corrected chi connectivity index (χ4v) is 3.06. The molecule has 0 saturated carbocycles. The first-order valence-corrected chi connectivity index (χ1v) is 8.92. The van der Waals surface area contributed by atoms with Gasteiger partial charge < -0.3 is 9.73 Å². The third-order valence-electron chi connectivity index (χ3n) is 4.14. The zero-order chi connectivity index (χ0) is 20.1. The summed E-state index contributed by atoms with van der Waals surface area (Å²) in [6.45, 7) is 2.27. The molecule has 8 heteroatoms. The Bertz CT molecular complexity index is 1000. The van der Waals surface area contributed by atoms with E-state index in [0.29, 0.717) is 22.9 Å². The summed E-state index contributed by atoms with van der Waals surface area (Å²) in [6.07, 6.45) is 5.16. The number of nitro groups is 1. The smallest absolute Gasteiger partial charge is 0.270 e. The lowest BCUT2D eigenvalue weighted by atomic mass is 10.0. The van der Waals surface area contributed by atoms with Crippen LogP contribution in [-0.4, -0.2) is 15.7 Å². The SMILES string of the molecule is Cc1ccc[n+]([C@H](C(=O)c2ccc([N+](=O)[O-])cc2)C(=S)NCc2ccco2)c1. The number of hydrogen-bond acceptors (Lipinski definition) is 5. The van der Waals surface area contributed by atoms with Gasteiger partial charge >= 0.3 is 0 Å². The number of benzene rings is 1. The summed E-state index contributed by atoms with van der Waals surface area (Å²) in [6, 6.07) is 12.1. The van der Waals surface area contributed by atoms with Gasteiger partial charge in [-0.05, 0) is 37.3 Å². The van der Waals surface area contributed by atoms with Crippen molar-refractivity contribution in [2.45, 2.75) is 19.5 Å². The predicted molar refractivity (Wildman–Crippen MR) is 106 cm³/mol. The first kappa shape index (κ1) is 19.4. The number of pyridine rings is 1.